The molecule has 2 aliphatic carbocycles. The molecule has 102 valence electrons. The Balaban J connectivity index is 1.71. The van der Waals surface area contributed by atoms with Crippen LogP contribution in [0.1, 0.15) is 64.7 Å². The highest BCUT2D eigenvalue weighted by atomic mass is 16.2. The fourth-order valence-corrected chi connectivity index (χ4v) is 3.28. The van der Waals surface area contributed by atoms with Gasteiger partial charge in [-0.15, -0.1) is 0 Å². The second kappa shape index (κ2) is 6.91. The third-order valence-electron chi connectivity index (χ3n) is 4.41. The summed E-state index contributed by atoms with van der Waals surface area (Å²) >= 11 is 0. The molecule has 2 saturated carbocycles. The quantitative estimate of drug-likeness (QED) is 0.604. The van der Waals surface area contributed by atoms with E-state index in [4.69, 9.17) is 0 Å². The first kappa shape index (κ1) is 13.6. The van der Waals surface area contributed by atoms with Gasteiger partial charge in [0.15, 0.2) is 0 Å². The highest BCUT2D eigenvalue weighted by Crippen LogP contribution is 2.27. The molecular weight excluding hydrogens is 224 g/mol. The van der Waals surface area contributed by atoms with Crippen molar-refractivity contribution in [1.82, 2.24) is 5.43 Å². The minimum absolute atomic E-state index is 0.134. The van der Waals surface area contributed by atoms with E-state index in [0.717, 1.165) is 18.8 Å². The van der Waals surface area contributed by atoms with Gasteiger partial charge in [0.2, 0.25) is 5.91 Å². The molecule has 1 N–H and O–H groups in total. The summed E-state index contributed by atoms with van der Waals surface area (Å²) in [5.41, 5.74) is 2.75. The van der Waals surface area contributed by atoms with Crippen LogP contribution in [0.25, 0.3) is 0 Å². The van der Waals surface area contributed by atoms with Crippen LogP contribution in [0.3, 0.4) is 0 Å². The van der Waals surface area contributed by atoms with Gasteiger partial charge in [0.05, 0.1) is 0 Å². The molecule has 3 nitrogen and oxygen atoms in total. The van der Waals surface area contributed by atoms with Crippen LogP contribution in [0.15, 0.2) is 5.10 Å². The predicted molar refractivity (Wildman–Crippen MR) is 74.3 cm³/mol. The van der Waals surface area contributed by atoms with Gasteiger partial charge in [-0.1, -0.05) is 39.0 Å². The Bertz CT molecular complexity index is 295. The molecular formula is C15H26N2O. The Kier molecular flexibility index (Phi) is 5.21. The Morgan fingerprint density at radius 1 is 1.11 bits per heavy atom. The summed E-state index contributed by atoms with van der Waals surface area (Å²) in [5.74, 6) is 1.72. The molecule has 1 amide bonds. The topological polar surface area (TPSA) is 41.5 Å². The maximum Gasteiger partial charge on any atom is 0.243 e. The van der Waals surface area contributed by atoms with Crippen LogP contribution in [-0.4, -0.2) is 12.1 Å². The highest BCUT2D eigenvalue weighted by Gasteiger charge is 2.21. The number of hydrazone groups is 1. The molecule has 0 radical (unpaired) electrons. The van der Waals surface area contributed by atoms with Crippen molar-refractivity contribution >= 4 is 12.1 Å². The molecule has 0 aromatic heterocycles. The summed E-state index contributed by atoms with van der Waals surface area (Å²) in [5, 5.41) is 4.18. The fourth-order valence-electron chi connectivity index (χ4n) is 3.28. The minimum Gasteiger partial charge on any atom is -0.273 e. The molecule has 2 atom stereocenters. The number of carbonyl (C=O) groups is 1. The lowest BCUT2D eigenvalue weighted by atomic mass is 9.83. The lowest BCUT2D eigenvalue weighted by Gasteiger charge is -2.23. The lowest BCUT2D eigenvalue weighted by molar-refractivity contribution is -0.125. The highest BCUT2D eigenvalue weighted by molar-refractivity contribution is 5.79. The summed E-state index contributed by atoms with van der Waals surface area (Å²) in [7, 11) is 0. The van der Waals surface area contributed by atoms with E-state index in [0.29, 0.717) is 5.92 Å². The second-order valence-electron chi connectivity index (χ2n) is 6.12. The molecule has 0 bridgehead atoms. The molecule has 2 aliphatic rings. The minimum atomic E-state index is 0.134. The SMILES string of the molecule is CC1CCCC(/C=N/NC(=O)C2CCCCC2)C1. The molecule has 0 heterocycles. The third-order valence-corrected chi connectivity index (χ3v) is 4.41. The van der Waals surface area contributed by atoms with Crippen LogP contribution in [0.4, 0.5) is 0 Å². The first-order chi connectivity index (χ1) is 8.75. The number of hydrogen-bond acceptors (Lipinski definition) is 2. The monoisotopic (exact) mass is 250 g/mol. The normalized spacial score (nSPS) is 30.5. The summed E-state index contributed by atoms with van der Waals surface area (Å²) in [6.45, 7) is 2.31. The Morgan fingerprint density at radius 2 is 1.89 bits per heavy atom. The first-order valence-corrected chi connectivity index (χ1v) is 7.58. The number of nitrogens with one attached hydrogen (secondary N) is 1. The fraction of sp³-hybridized carbons (Fsp3) is 0.867. The van der Waals surface area contributed by atoms with Crippen LogP contribution < -0.4 is 5.43 Å². The number of hydrogen-bond donors (Lipinski definition) is 1. The maximum absolute atomic E-state index is 11.9. The summed E-state index contributed by atoms with van der Waals surface area (Å²) in [4.78, 5) is 11.9. The van der Waals surface area contributed by atoms with Gasteiger partial charge in [-0.2, -0.15) is 5.10 Å². The first-order valence-electron chi connectivity index (χ1n) is 7.58. The van der Waals surface area contributed by atoms with Crippen molar-refractivity contribution in [1.29, 1.82) is 0 Å². The predicted octanol–water partition coefficient (Wildman–Crippen LogP) is 3.50. The van der Waals surface area contributed by atoms with Gasteiger partial charge in [-0.3, -0.25) is 4.79 Å². The zero-order chi connectivity index (χ0) is 12.8. The van der Waals surface area contributed by atoms with Crippen LogP contribution in [0, 0.1) is 17.8 Å². The summed E-state index contributed by atoms with van der Waals surface area (Å²) in [6, 6.07) is 0. The molecule has 2 fully saturated rings. The Morgan fingerprint density at radius 3 is 2.61 bits per heavy atom. The average molecular weight is 250 g/mol. The van der Waals surface area contributed by atoms with Crippen molar-refractivity contribution in [2.24, 2.45) is 22.9 Å². The van der Waals surface area contributed by atoms with Gasteiger partial charge < -0.3 is 0 Å². The van der Waals surface area contributed by atoms with E-state index in [-0.39, 0.29) is 11.8 Å². The zero-order valence-corrected chi connectivity index (χ0v) is 11.5. The van der Waals surface area contributed by atoms with Crippen molar-refractivity contribution in [3.05, 3.63) is 0 Å². The van der Waals surface area contributed by atoms with Gasteiger partial charge in [-0.05, 0) is 37.5 Å². The number of amides is 1. The molecule has 2 unspecified atom stereocenters. The largest absolute Gasteiger partial charge is 0.273 e. The molecule has 3 heteroatoms. The summed E-state index contributed by atoms with van der Waals surface area (Å²) in [6.07, 6.45) is 12.8. The molecule has 0 aromatic rings. The van der Waals surface area contributed by atoms with Gasteiger partial charge >= 0.3 is 0 Å². The smallest absolute Gasteiger partial charge is 0.243 e. The van der Waals surface area contributed by atoms with E-state index in [1.807, 2.05) is 6.21 Å². The van der Waals surface area contributed by atoms with E-state index in [1.54, 1.807) is 0 Å². The lowest BCUT2D eigenvalue weighted by Crippen LogP contribution is -2.29. The van der Waals surface area contributed by atoms with E-state index in [1.165, 1.54) is 44.9 Å². The molecule has 0 aliphatic heterocycles. The van der Waals surface area contributed by atoms with Gasteiger partial charge in [0.25, 0.3) is 0 Å². The molecule has 0 aromatic carbocycles. The van der Waals surface area contributed by atoms with Crippen molar-refractivity contribution in [3.8, 4) is 0 Å². The van der Waals surface area contributed by atoms with Crippen molar-refractivity contribution < 1.29 is 4.79 Å². The summed E-state index contributed by atoms with van der Waals surface area (Å²) < 4.78 is 0. The van der Waals surface area contributed by atoms with Crippen LogP contribution in [0.2, 0.25) is 0 Å². The van der Waals surface area contributed by atoms with Gasteiger partial charge in [-0.25, -0.2) is 5.43 Å². The molecule has 0 spiro atoms. The molecule has 2 rings (SSSR count). The van der Waals surface area contributed by atoms with Gasteiger partial charge in [0, 0.05) is 12.1 Å². The zero-order valence-electron chi connectivity index (χ0n) is 11.5. The van der Waals surface area contributed by atoms with Crippen LogP contribution in [0.5, 0.6) is 0 Å². The van der Waals surface area contributed by atoms with E-state index in [2.05, 4.69) is 17.5 Å². The Hall–Kier alpha value is -0.860. The van der Waals surface area contributed by atoms with Crippen molar-refractivity contribution in [3.63, 3.8) is 0 Å². The van der Waals surface area contributed by atoms with Crippen molar-refractivity contribution in [2.75, 3.05) is 0 Å². The number of nitrogens with zero attached hydrogens (tertiary/aromatic N) is 1. The van der Waals surface area contributed by atoms with E-state index in [9.17, 15) is 4.79 Å². The Labute approximate surface area is 110 Å². The van der Waals surface area contributed by atoms with Crippen molar-refractivity contribution in [2.45, 2.75) is 64.7 Å². The van der Waals surface area contributed by atoms with Gasteiger partial charge in [0.1, 0.15) is 0 Å². The average Bonchev–Trinajstić information content (AvgIpc) is 2.40. The molecule has 0 saturated heterocycles. The third kappa shape index (κ3) is 4.11. The maximum atomic E-state index is 11.9. The number of rotatable bonds is 3. The van der Waals surface area contributed by atoms with E-state index < -0.39 is 0 Å². The molecule has 18 heavy (non-hydrogen) atoms. The van der Waals surface area contributed by atoms with Crippen LogP contribution in [-0.2, 0) is 4.79 Å². The number of carbonyl (C=O) groups excluding carboxylic acids is 1. The van der Waals surface area contributed by atoms with Crippen LogP contribution >= 0.6 is 0 Å². The van der Waals surface area contributed by atoms with E-state index >= 15 is 0 Å². The standard InChI is InChI=1S/C15H26N2O/c1-12-6-5-7-13(10-12)11-16-17-15(18)14-8-3-2-4-9-14/h11-14H,2-10H2,1H3,(H,17,18)/b16-11+. The second-order valence-corrected chi connectivity index (χ2v) is 6.12.